The van der Waals surface area contributed by atoms with E-state index in [0.717, 1.165) is 37.8 Å². The first kappa shape index (κ1) is 23.5. The van der Waals surface area contributed by atoms with Crippen molar-refractivity contribution in [2.75, 3.05) is 11.4 Å². The van der Waals surface area contributed by atoms with Crippen LogP contribution >= 0.6 is 0 Å². The summed E-state index contributed by atoms with van der Waals surface area (Å²) in [6, 6.07) is 17.8. The SMILES string of the molecule is O=[N+]([O-])c1ccc(N(CCCCCCn2cc3ccccc3c2)Cc2ccc(F)cc2)c2nonc12. The number of aryl methyl sites for hydroxylation is 1. The smallest absolute Gasteiger partial charge is 0.300 e. The molecule has 3 aromatic carbocycles. The van der Waals surface area contributed by atoms with Gasteiger partial charge in [-0.05, 0) is 57.7 Å². The molecule has 0 N–H and O–H groups in total. The van der Waals surface area contributed by atoms with Gasteiger partial charge in [0.25, 0.3) is 0 Å². The van der Waals surface area contributed by atoms with E-state index in [-0.39, 0.29) is 17.0 Å². The van der Waals surface area contributed by atoms with Crippen LogP contribution < -0.4 is 4.90 Å². The average Bonchev–Trinajstić information content (AvgIpc) is 3.53. The van der Waals surface area contributed by atoms with E-state index in [4.69, 9.17) is 4.63 Å². The van der Waals surface area contributed by atoms with Crippen molar-refractivity contribution >= 4 is 33.2 Å². The van der Waals surface area contributed by atoms with E-state index in [0.29, 0.717) is 24.3 Å². The zero-order valence-corrected chi connectivity index (χ0v) is 19.7. The fourth-order valence-corrected chi connectivity index (χ4v) is 4.56. The van der Waals surface area contributed by atoms with Crippen molar-refractivity contribution in [3.63, 3.8) is 0 Å². The van der Waals surface area contributed by atoms with Gasteiger partial charge in [0.15, 0.2) is 5.52 Å². The number of non-ortho nitro benzene ring substituents is 1. The molecule has 0 amide bonds. The number of hydrogen-bond donors (Lipinski definition) is 0. The molecule has 0 fully saturated rings. The Morgan fingerprint density at radius 2 is 1.58 bits per heavy atom. The van der Waals surface area contributed by atoms with E-state index < -0.39 is 4.92 Å². The van der Waals surface area contributed by atoms with E-state index in [1.54, 1.807) is 18.2 Å². The molecule has 184 valence electrons. The first-order valence-corrected chi connectivity index (χ1v) is 12.0. The summed E-state index contributed by atoms with van der Waals surface area (Å²) in [5.41, 5.74) is 1.97. The van der Waals surface area contributed by atoms with Crippen LogP contribution in [0.15, 0.2) is 77.7 Å². The first-order valence-electron chi connectivity index (χ1n) is 12.0. The molecule has 0 saturated carbocycles. The van der Waals surface area contributed by atoms with E-state index >= 15 is 0 Å². The molecule has 2 heterocycles. The number of hydrogen-bond acceptors (Lipinski definition) is 6. The van der Waals surface area contributed by atoms with Crippen LogP contribution in [0.25, 0.3) is 21.8 Å². The van der Waals surface area contributed by atoms with Gasteiger partial charge in [-0.1, -0.05) is 49.2 Å². The van der Waals surface area contributed by atoms with Gasteiger partial charge in [0.1, 0.15) is 5.82 Å². The summed E-state index contributed by atoms with van der Waals surface area (Å²) in [7, 11) is 0. The third-order valence-corrected chi connectivity index (χ3v) is 6.40. The van der Waals surface area contributed by atoms with Crippen molar-refractivity contribution < 1.29 is 13.9 Å². The normalized spacial score (nSPS) is 11.4. The average molecular weight is 488 g/mol. The summed E-state index contributed by atoms with van der Waals surface area (Å²) in [4.78, 5) is 13.0. The highest BCUT2D eigenvalue weighted by molar-refractivity contribution is 5.93. The minimum Gasteiger partial charge on any atom is -0.365 e. The van der Waals surface area contributed by atoms with Gasteiger partial charge in [-0.15, -0.1) is 0 Å². The number of unbranched alkanes of at least 4 members (excludes halogenated alkanes) is 3. The number of fused-ring (bicyclic) bond motifs is 2. The summed E-state index contributed by atoms with van der Waals surface area (Å²) >= 11 is 0. The highest BCUT2D eigenvalue weighted by Crippen LogP contribution is 2.32. The largest absolute Gasteiger partial charge is 0.365 e. The lowest BCUT2D eigenvalue weighted by molar-refractivity contribution is -0.383. The minimum atomic E-state index is -0.492. The number of benzene rings is 3. The lowest BCUT2D eigenvalue weighted by Crippen LogP contribution is -2.24. The van der Waals surface area contributed by atoms with Crippen LogP contribution in [0.2, 0.25) is 0 Å². The van der Waals surface area contributed by atoms with E-state index in [1.807, 2.05) is 0 Å². The van der Waals surface area contributed by atoms with Crippen LogP contribution in [0.1, 0.15) is 31.2 Å². The highest BCUT2D eigenvalue weighted by atomic mass is 19.1. The Morgan fingerprint density at radius 3 is 2.31 bits per heavy atom. The Bertz CT molecular complexity index is 1450. The molecule has 0 unspecified atom stereocenters. The van der Waals surface area contributed by atoms with Gasteiger partial charge in [0.2, 0.25) is 5.52 Å². The molecule has 0 aliphatic heterocycles. The molecule has 0 aliphatic rings. The standard InChI is InChI=1S/C27H26FN5O3/c28-23-11-9-20(10-12-23)17-32(24-13-14-25(33(34)35)27-26(24)29-36-30-27)16-6-2-1-5-15-31-18-21-7-3-4-8-22(21)19-31/h3-4,7-14,18-19H,1-2,5-6,15-17H2. The Labute approximate surface area is 207 Å². The summed E-state index contributed by atoms with van der Waals surface area (Å²) < 4.78 is 20.5. The predicted octanol–water partition coefficient (Wildman–Crippen LogP) is 6.49. The Morgan fingerprint density at radius 1 is 0.889 bits per heavy atom. The Hall–Kier alpha value is -4.27. The van der Waals surface area contributed by atoms with E-state index in [1.165, 1.54) is 29.0 Å². The number of halogens is 1. The lowest BCUT2D eigenvalue weighted by atomic mass is 10.1. The maximum atomic E-state index is 13.4. The van der Waals surface area contributed by atoms with Gasteiger partial charge >= 0.3 is 5.69 Å². The summed E-state index contributed by atoms with van der Waals surface area (Å²) in [5, 5.41) is 21.6. The molecule has 0 radical (unpaired) electrons. The van der Waals surface area contributed by atoms with Crippen molar-refractivity contribution in [3.05, 3.63) is 94.6 Å². The minimum absolute atomic E-state index is 0.126. The van der Waals surface area contributed by atoms with Gasteiger partial charge in [-0.2, -0.15) is 0 Å². The van der Waals surface area contributed by atoms with Gasteiger partial charge < -0.3 is 9.47 Å². The van der Waals surface area contributed by atoms with Crippen molar-refractivity contribution in [3.8, 4) is 0 Å². The fourth-order valence-electron chi connectivity index (χ4n) is 4.56. The second kappa shape index (κ2) is 10.6. The molecule has 0 spiro atoms. The molecule has 0 saturated heterocycles. The number of aromatic nitrogens is 3. The number of nitro groups is 1. The summed E-state index contributed by atoms with van der Waals surface area (Å²) in [6.07, 6.45) is 8.50. The molecular weight excluding hydrogens is 461 g/mol. The van der Waals surface area contributed by atoms with Crippen LogP contribution in [0.4, 0.5) is 15.8 Å². The maximum absolute atomic E-state index is 13.4. The molecule has 2 aromatic heterocycles. The molecule has 5 aromatic rings. The lowest BCUT2D eigenvalue weighted by Gasteiger charge is -2.25. The van der Waals surface area contributed by atoms with Crippen LogP contribution in [0, 0.1) is 15.9 Å². The quantitative estimate of drug-likeness (QED) is 0.120. The van der Waals surface area contributed by atoms with Gasteiger partial charge in [-0.25, -0.2) is 9.02 Å². The van der Waals surface area contributed by atoms with Crippen LogP contribution in [-0.4, -0.2) is 26.3 Å². The second-order valence-electron chi connectivity index (χ2n) is 8.91. The van der Waals surface area contributed by atoms with E-state index in [9.17, 15) is 14.5 Å². The number of rotatable bonds is 11. The first-order chi connectivity index (χ1) is 17.6. The molecule has 5 rings (SSSR count). The Balaban J connectivity index is 1.24. The molecule has 8 nitrogen and oxygen atoms in total. The van der Waals surface area contributed by atoms with Gasteiger partial charge in [0.05, 0.1) is 10.6 Å². The summed E-state index contributed by atoms with van der Waals surface area (Å²) in [5.74, 6) is -0.292. The van der Waals surface area contributed by atoms with Crippen LogP contribution in [0.5, 0.6) is 0 Å². The third kappa shape index (κ3) is 5.19. The maximum Gasteiger partial charge on any atom is 0.300 e. The van der Waals surface area contributed by atoms with Crippen LogP contribution in [0.3, 0.4) is 0 Å². The predicted molar refractivity (Wildman–Crippen MR) is 136 cm³/mol. The van der Waals surface area contributed by atoms with Crippen molar-refractivity contribution in [1.82, 2.24) is 14.9 Å². The Kier molecular flexibility index (Phi) is 6.88. The molecule has 36 heavy (non-hydrogen) atoms. The second-order valence-corrected chi connectivity index (χ2v) is 8.91. The van der Waals surface area contributed by atoms with Gasteiger partial charge in [-0.3, -0.25) is 10.1 Å². The van der Waals surface area contributed by atoms with Crippen molar-refractivity contribution in [1.29, 1.82) is 0 Å². The van der Waals surface area contributed by atoms with Crippen molar-refractivity contribution in [2.24, 2.45) is 0 Å². The molecule has 9 heteroatoms. The zero-order valence-electron chi connectivity index (χ0n) is 19.7. The topological polar surface area (TPSA) is 90.2 Å². The summed E-state index contributed by atoms with van der Waals surface area (Å²) in [6.45, 7) is 2.20. The molecular formula is C27H26FN5O3. The molecule has 0 aliphatic carbocycles. The molecule has 0 atom stereocenters. The monoisotopic (exact) mass is 487 g/mol. The highest BCUT2D eigenvalue weighted by Gasteiger charge is 2.22. The third-order valence-electron chi connectivity index (χ3n) is 6.40. The fraction of sp³-hybridized carbons (Fsp3) is 0.259. The number of nitro benzene ring substituents is 1. The molecule has 0 bridgehead atoms. The van der Waals surface area contributed by atoms with E-state index in [2.05, 4.69) is 56.4 Å². The van der Waals surface area contributed by atoms with Gasteiger partial charge in [0, 0.05) is 38.1 Å². The van der Waals surface area contributed by atoms with Crippen LogP contribution in [-0.2, 0) is 13.1 Å². The van der Waals surface area contributed by atoms with Crippen molar-refractivity contribution in [2.45, 2.75) is 38.8 Å². The number of nitrogens with zero attached hydrogens (tertiary/aromatic N) is 5. The zero-order chi connectivity index (χ0) is 24.9. The number of anilines is 1.